The lowest BCUT2D eigenvalue weighted by Gasteiger charge is -2.09. The molecule has 64 valence electrons. The fourth-order valence-electron chi connectivity index (χ4n) is 1.44. The van der Waals surface area contributed by atoms with Crippen molar-refractivity contribution in [1.29, 1.82) is 0 Å². The zero-order valence-electron chi connectivity index (χ0n) is 7.26. The SMILES string of the molecule is CCNC[C@H]1CC(=O)N(C)C1. The number of rotatable bonds is 3. The van der Waals surface area contributed by atoms with E-state index in [9.17, 15) is 4.79 Å². The third kappa shape index (κ3) is 2.19. The summed E-state index contributed by atoms with van der Waals surface area (Å²) >= 11 is 0. The summed E-state index contributed by atoms with van der Waals surface area (Å²) in [5.41, 5.74) is 0. The second-order valence-electron chi connectivity index (χ2n) is 3.15. The molecule has 1 heterocycles. The van der Waals surface area contributed by atoms with E-state index in [2.05, 4.69) is 12.2 Å². The van der Waals surface area contributed by atoms with Crippen LogP contribution in [0.25, 0.3) is 0 Å². The minimum atomic E-state index is 0.285. The molecule has 0 aliphatic carbocycles. The van der Waals surface area contributed by atoms with E-state index >= 15 is 0 Å². The Hall–Kier alpha value is -0.570. The van der Waals surface area contributed by atoms with E-state index in [0.717, 1.165) is 26.1 Å². The Morgan fingerprint density at radius 3 is 2.91 bits per heavy atom. The first-order chi connectivity index (χ1) is 5.24. The van der Waals surface area contributed by atoms with Crippen LogP contribution in [0.5, 0.6) is 0 Å². The van der Waals surface area contributed by atoms with Gasteiger partial charge in [-0.3, -0.25) is 4.79 Å². The van der Waals surface area contributed by atoms with E-state index in [-0.39, 0.29) is 5.91 Å². The average Bonchev–Trinajstić information content (AvgIpc) is 2.28. The van der Waals surface area contributed by atoms with Crippen LogP contribution < -0.4 is 5.32 Å². The van der Waals surface area contributed by atoms with Gasteiger partial charge in [-0.25, -0.2) is 0 Å². The number of amides is 1. The van der Waals surface area contributed by atoms with Crippen LogP contribution in [-0.2, 0) is 4.79 Å². The van der Waals surface area contributed by atoms with Gasteiger partial charge in [0.15, 0.2) is 0 Å². The number of hydrogen-bond donors (Lipinski definition) is 1. The van der Waals surface area contributed by atoms with Gasteiger partial charge in [0.2, 0.25) is 5.91 Å². The van der Waals surface area contributed by atoms with E-state index < -0.39 is 0 Å². The van der Waals surface area contributed by atoms with E-state index in [4.69, 9.17) is 0 Å². The monoisotopic (exact) mass is 156 g/mol. The summed E-state index contributed by atoms with van der Waals surface area (Å²) < 4.78 is 0. The predicted octanol–water partition coefficient (Wildman–Crippen LogP) is 0.0742. The van der Waals surface area contributed by atoms with Gasteiger partial charge in [-0.15, -0.1) is 0 Å². The van der Waals surface area contributed by atoms with Gasteiger partial charge < -0.3 is 10.2 Å². The standard InChI is InChI=1S/C8H16N2O/c1-3-9-5-7-4-8(11)10(2)6-7/h7,9H,3-6H2,1-2H3/t7-/m1/s1. The van der Waals surface area contributed by atoms with E-state index in [1.165, 1.54) is 0 Å². The number of carbonyl (C=O) groups is 1. The van der Waals surface area contributed by atoms with E-state index in [1.807, 2.05) is 11.9 Å². The molecule has 1 aliphatic rings. The molecule has 0 aromatic rings. The van der Waals surface area contributed by atoms with Crippen molar-refractivity contribution in [3.8, 4) is 0 Å². The molecule has 11 heavy (non-hydrogen) atoms. The van der Waals surface area contributed by atoms with Crippen molar-refractivity contribution in [3.63, 3.8) is 0 Å². The summed E-state index contributed by atoms with van der Waals surface area (Å²) in [4.78, 5) is 12.9. The van der Waals surface area contributed by atoms with Crippen LogP contribution in [0.3, 0.4) is 0 Å². The van der Waals surface area contributed by atoms with Crippen LogP contribution in [0, 0.1) is 5.92 Å². The Kier molecular flexibility index (Phi) is 2.88. The Labute approximate surface area is 67.8 Å². The van der Waals surface area contributed by atoms with Gasteiger partial charge >= 0.3 is 0 Å². The van der Waals surface area contributed by atoms with Crippen molar-refractivity contribution >= 4 is 5.91 Å². The minimum absolute atomic E-state index is 0.285. The number of carbonyl (C=O) groups excluding carboxylic acids is 1. The Balaban J connectivity index is 2.24. The smallest absolute Gasteiger partial charge is 0.222 e. The highest BCUT2D eigenvalue weighted by Gasteiger charge is 2.25. The van der Waals surface area contributed by atoms with Gasteiger partial charge in [0, 0.05) is 26.6 Å². The molecule has 0 unspecified atom stereocenters. The molecule has 0 spiro atoms. The van der Waals surface area contributed by atoms with Crippen molar-refractivity contribution in [1.82, 2.24) is 10.2 Å². The summed E-state index contributed by atoms with van der Waals surface area (Å²) in [6.45, 7) is 4.98. The molecule has 3 heteroatoms. The lowest BCUT2D eigenvalue weighted by molar-refractivity contribution is -0.126. The maximum atomic E-state index is 11.0. The van der Waals surface area contributed by atoms with Crippen LogP contribution in [0.15, 0.2) is 0 Å². The van der Waals surface area contributed by atoms with Crippen LogP contribution in [0.4, 0.5) is 0 Å². The molecule has 0 radical (unpaired) electrons. The maximum Gasteiger partial charge on any atom is 0.222 e. The molecular weight excluding hydrogens is 140 g/mol. The normalized spacial score (nSPS) is 24.7. The fourth-order valence-corrected chi connectivity index (χ4v) is 1.44. The second-order valence-corrected chi connectivity index (χ2v) is 3.15. The van der Waals surface area contributed by atoms with Gasteiger partial charge in [-0.1, -0.05) is 6.92 Å². The van der Waals surface area contributed by atoms with Crippen molar-refractivity contribution in [2.45, 2.75) is 13.3 Å². The Bertz CT molecular complexity index is 147. The van der Waals surface area contributed by atoms with Crippen molar-refractivity contribution in [3.05, 3.63) is 0 Å². The highest BCUT2D eigenvalue weighted by Crippen LogP contribution is 2.14. The summed E-state index contributed by atoms with van der Waals surface area (Å²) in [5, 5.41) is 3.25. The fraction of sp³-hybridized carbons (Fsp3) is 0.875. The van der Waals surface area contributed by atoms with Gasteiger partial charge in [0.05, 0.1) is 0 Å². The molecule has 1 rings (SSSR count). The lowest BCUT2D eigenvalue weighted by atomic mass is 10.1. The van der Waals surface area contributed by atoms with Crippen LogP contribution in [0.1, 0.15) is 13.3 Å². The Morgan fingerprint density at radius 1 is 1.73 bits per heavy atom. The third-order valence-electron chi connectivity index (χ3n) is 2.10. The number of likely N-dealkylation sites (tertiary alicyclic amines) is 1. The molecule has 1 atom stereocenters. The molecular formula is C8H16N2O. The summed E-state index contributed by atoms with van der Waals surface area (Å²) in [7, 11) is 1.87. The largest absolute Gasteiger partial charge is 0.345 e. The topological polar surface area (TPSA) is 32.3 Å². The highest BCUT2D eigenvalue weighted by atomic mass is 16.2. The van der Waals surface area contributed by atoms with Gasteiger partial charge in [-0.2, -0.15) is 0 Å². The van der Waals surface area contributed by atoms with Crippen LogP contribution in [0.2, 0.25) is 0 Å². The first-order valence-corrected chi connectivity index (χ1v) is 4.18. The number of nitrogens with one attached hydrogen (secondary N) is 1. The summed E-state index contributed by atoms with van der Waals surface area (Å²) in [6, 6.07) is 0. The van der Waals surface area contributed by atoms with Gasteiger partial charge in [0.1, 0.15) is 0 Å². The minimum Gasteiger partial charge on any atom is -0.345 e. The second kappa shape index (κ2) is 3.72. The van der Waals surface area contributed by atoms with E-state index in [0.29, 0.717) is 5.92 Å². The molecule has 1 saturated heterocycles. The molecule has 0 saturated carbocycles. The first kappa shape index (κ1) is 8.53. The first-order valence-electron chi connectivity index (χ1n) is 4.18. The quantitative estimate of drug-likeness (QED) is 0.627. The zero-order chi connectivity index (χ0) is 8.27. The molecule has 1 fully saturated rings. The van der Waals surface area contributed by atoms with Gasteiger partial charge in [-0.05, 0) is 12.5 Å². The lowest BCUT2D eigenvalue weighted by Crippen LogP contribution is -2.24. The Morgan fingerprint density at radius 2 is 2.45 bits per heavy atom. The third-order valence-corrected chi connectivity index (χ3v) is 2.10. The van der Waals surface area contributed by atoms with Crippen molar-refractivity contribution < 1.29 is 4.79 Å². The van der Waals surface area contributed by atoms with E-state index in [1.54, 1.807) is 0 Å². The number of hydrogen-bond acceptors (Lipinski definition) is 2. The van der Waals surface area contributed by atoms with Crippen LogP contribution in [-0.4, -0.2) is 37.5 Å². The summed E-state index contributed by atoms with van der Waals surface area (Å²) in [6.07, 6.45) is 0.726. The average molecular weight is 156 g/mol. The van der Waals surface area contributed by atoms with Gasteiger partial charge in [0.25, 0.3) is 0 Å². The predicted molar refractivity (Wildman–Crippen MR) is 44.3 cm³/mol. The van der Waals surface area contributed by atoms with Crippen molar-refractivity contribution in [2.24, 2.45) is 5.92 Å². The number of nitrogens with zero attached hydrogens (tertiary/aromatic N) is 1. The molecule has 3 nitrogen and oxygen atoms in total. The zero-order valence-corrected chi connectivity index (χ0v) is 7.26. The van der Waals surface area contributed by atoms with Crippen LogP contribution >= 0.6 is 0 Å². The molecule has 1 aliphatic heterocycles. The molecule has 1 N–H and O–H groups in total. The maximum absolute atomic E-state index is 11.0. The molecule has 1 amide bonds. The molecule has 0 aromatic carbocycles. The highest BCUT2D eigenvalue weighted by molar-refractivity contribution is 5.78. The van der Waals surface area contributed by atoms with Crippen molar-refractivity contribution in [2.75, 3.05) is 26.7 Å². The molecule has 0 bridgehead atoms. The summed E-state index contributed by atoms with van der Waals surface area (Å²) in [5.74, 6) is 0.820. The molecule has 0 aromatic heterocycles.